The molecule has 3 aromatic carbocycles. The second kappa shape index (κ2) is 6.53. The Morgan fingerprint density at radius 3 is 2.56 bits per heavy atom. The summed E-state index contributed by atoms with van der Waals surface area (Å²) in [5.41, 5.74) is 6.42. The first-order valence-electron chi connectivity index (χ1n) is 9.07. The molecule has 0 radical (unpaired) electrons. The molecule has 0 atom stereocenters. The van der Waals surface area contributed by atoms with Crippen LogP contribution in [0.4, 0.5) is 0 Å². The molecule has 2 heterocycles. The van der Waals surface area contributed by atoms with Crippen molar-refractivity contribution in [2.24, 2.45) is 0 Å². The summed E-state index contributed by atoms with van der Waals surface area (Å²) in [6, 6.07) is 24.9. The molecule has 0 amide bonds. The Bertz CT molecular complexity index is 1140. The van der Waals surface area contributed by atoms with E-state index >= 15 is 0 Å². The number of hydrogen-bond acceptors (Lipinski definition) is 3. The van der Waals surface area contributed by atoms with Gasteiger partial charge in [-0.05, 0) is 28.5 Å². The normalized spacial score (nSPS) is 12.9. The lowest BCUT2D eigenvalue weighted by Gasteiger charge is -2.16. The van der Waals surface area contributed by atoms with Gasteiger partial charge in [-0.3, -0.25) is 0 Å². The number of aromatic nitrogens is 1. The molecular weight excluding hydrogens is 334 g/mol. The van der Waals surface area contributed by atoms with Gasteiger partial charge in [-0.2, -0.15) is 0 Å². The summed E-state index contributed by atoms with van der Waals surface area (Å²) in [5, 5.41) is 2.32. The van der Waals surface area contributed by atoms with Gasteiger partial charge in [0.25, 0.3) is 0 Å². The van der Waals surface area contributed by atoms with E-state index < -0.39 is 0 Å². The Morgan fingerprint density at radius 2 is 1.70 bits per heavy atom. The number of ether oxygens (including phenoxy) is 2. The number of rotatable bonds is 3. The maximum Gasteiger partial charge on any atom is 0.128 e. The number of nitrogens with zero attached hydrogens (tertiary/aromatic N) is 1. The number of pyridine rings is 1. The number of benzene rings is 3. The average Bonchev–Trinajstić information content (AvgIpc) is 3.21. The maximum atomic E-state index is 5.77. The van der Waals surface area contributed by atoms with E-state index in [0.29, 0.717) is 13.2 Å². The second-order valence-corrected chi connectivity index (χ2v) is 6.72. The predicted octanol–water partition coefficient (Wildman–Crippen LogP) is 5.61. The first-order chi connectivity index (χ1) is 13.3. The first kappa shape index (κ1) is 16.0. The van der Waals surface area contributed by atoms with Gasteiger partial charge < -0.3 is 9.47 Å². The summed E-state index contributed by atoms with van der Waals surface area (Å²) >= 11 is 0. The molecule has 3 nitrogen and oxygen atoms in total. The fourth-order valence-corrected chi connectivity index (χ4v) is 3.81. The van der Waals surface area contributed by atoms with Crippen LogP contribution in [0.1, 0.15) is 11.1 Å². The minimum absolute atomic E-state index is 0.582. The Kier molecular flexibility index (Phi) is 3.88. The fourth-order valence-electron chi connectivity index (χ4n) is 3.81. The van der Waals surface area contributed by atoms with Crippen LogP contribution in [0.3, 0.4) is 0 Å². The highest BCUT2D eigenvalue weighted by atomic mass is 16.5. The lowest BCUT2D eigenvalue weighted by atomic mass is 9.95. The Morgan fingerprint density at radius 1 is 0.889 bits per heavy atom. The van der Waals surface area contributed by atoms with Crippen molar-refractivity contribution in [3.63, 3.8) is 0 Å². The lowest BCUT2D eigenvalue weighted by molar-refractivity contribution is 0.134. The molecule has 1 aliphatic heterocycles. The molecule has 4 aromatic rings. The summed E-state index contributed by atoms with van der Waals surface area (Å²) in [4.78, 5) is 5.08. The van der Waals surface area contributed by atoms with Gasteiger partial charge in [-0.15, -0.1) is 0 Å². The quantitative estimate of drug-likeness (QED) is 0.480. The molecule has 27 heavy (non-hydrogen) atoms. The summed E-state index contributed by atoms with van der Waals surface area (Å²) in [5.74, 6) is 0.834. The van der Waals surface area contributed by atoms with Crippen molar-refractivity contribution in [3.8, 4) is 28.3 Å². The van der Waals surface area contributed by atoms with Gasteiger partial charge in [0.15, 0.2) is 0 Å². The van der Waals surface area contributed by atoms with Crippen LogP contribution in [0.2, 0.25) is 0 Å². The summed E-state index contributed by atoms with van der Waals surface area (Å²) in [6.07, 6.45) is 0. The lowest BCUT2D eigenvalue weighted by Crippen LogP contribution is -1.99. The van der Waals surface area contributed by atoms with E-state index in [-0.39, 0.29) is 0 Å². The number of hydrogen-bond donors (Lipinski definition) is 0. The highest BCUT2D eigenvalue weighted by Crippen LogP contribution is 2.41. The highest BCUT2D eigenvalue weighted by Gasteiger charge is 2.23. The third-order valence-corrected chi connectivity index (χ3v) is 5.14. The van der Waals surface area contributed by atoms with Crippen LogP contribution >= 0.6 is 0 Å². The van der Waals surface area contributed by atoms with Gasteiger partial charge in [0.2, 0.25) is 0 Å². The van der Waals surface area contributed by atoms with Crippen molar-refractivity contribution in [3.05, 3.63) is 83.9 Å². The smallest absolute Gasteiger partial charge is 0.128 e. The molecular formula is C24H19NO2. The van der Waals surface area contributed by atoms with Crippen LogP contribution in [0.5, 0.6) is 5.75 Å². The number of fused-ring (bicyclic) bond motifs is 2. The largest absolute Gasteiger partial charge is 0.496 e. The number of methoxy groups -OCH3 is 1. The van der Waals surface area contributed by atoms with E-state index in [1.165, 1.54) is 10.9 Å². The summed E-state index contributed by atoms with van der Waals surface area (Å²) in [7, 11) is 1.71. The Labute approximate surface area is 158 Å². The molecule has 0 bridgehead atoms. The predicted molar refractivity (Wildman–Crippen MR) is 108 cm³/mol. The molecule has 0 saturated carbocycles. The SMILES string of the molecule is COc1ccc2ccccc2c1-c1nc(-c2ccccc2)cc2c1COC2. The van der Waals surface area contributed by atoms with Gasteiger partial charge in [-0.25, -0.2) is 4.98 Å². The van der Waals surface area contributed by atoms with Gasteiger partial charge in [0.05, 0.1) is 37.3 Å². The van der Waals surface area contributed by atoms with Crippen LogP contribution in [-0.4, -0.2) is 12.1 Å². The molecule has 5 rings (SSSR count). The van der Waals surface area contributed by atoms with Crippen molar-refractivity contribution in [1.29, 1.82) is 0 Å². The third kappa shape index (κ3) is 2.68. The Hall–Kier alpha value is -3.17. The van der Waals surface area contributed by atoms with E-state index in [1.54, 1.807) is 7.11 Å². The van der Waals surface area contributed by atoms with Crippen molar-refractivity contribution in [2.75, 3.05) is 7.11 Å². The van der Waals surface area contributed by atoms with Crippen molar-refractivity contribution < 1.29 is 9.47 Å². The minimum Gasteiger partial charge on any atom is -0.496 e. The Balaban J connectivity index is 1.84. The zero-order valence-corrected chi connectivity index (χ0v) is 15.1. The van der Waals surface area contributed by atoms with Gasteiger partial charge in [0.1, 0.15) is 5.75 Å². The molecule has 0 fully saturated rings. The summed E-state index contributed by atoms with van der Waals surface area (Å²) < 4.78 is 11.5. The van der Waals surface area contributed by atoms with Gasteiger partial charge in [0, 0.05) is 11.1 Å². The van der Waals surface area contributed by atoms with Crippen molar-refractivity contribution in [2.45, 2.75) is 13.2 Å². The van der Waals surface area contributed by atoms with Crippen LogP contribution in [0, 0.1) is 0 Å². The first-order valence-corrected chi connectivity index (χ1v) is 9.07. The molecule has 0 aliphatic carbocycles. The third-order valence-electron chi connectivity index (χ3n) is 5.14. The van der Waals surface area contributed by atoms with E-state index in [2.05, 4.69) is 48.5 Å². The zero-order valence-electron chi connectivity index (χ0n) is 15.1. The van der Waals surface area contributed by atoms with E-state index in [4.69, 9.17) is 14.5 Å². The average molecular weight is 353 g/mol. The fraction of sp³-hybridized carbons (Fsp3) is 0.125. The van der Waals surface area contributed by atoms with Crippen LogP contribution < -0.4 is 4.74 Å². The van der Waals surface area contributed by atoms with E-state index in [1.807, 2.05) is 24.3 Å². The minimum atomic E-state index is 0.582. The molecule has 1 aliphatic rings. The second-order valence-electron chi connectivity index (χ2n) is 6.72. The van der Waals surface area contributed by atoms with Gasteiger partial charge in [-0.1, -0.05) is 60.7 Å². The van der Waals surface area contributed by atoms with Crippen LogP contribution in [0.25, 0.3) is 33.3 Å². The van der Waals surface area contributed by atoms with E-state index in [0.717, 1.165) is 39.2 Å². The molecule has 0 unspecified atom stereocenters. The standard InChI is InChI=1S/C24H19NO2/c1-26-22-12-11-16-7-5-6-10-19(16)23(22)24-20-15-27-14-18(20)13-21(25-24)17-8-3-2-4-9-17/h2-13H,14-15H2,1H3. The summed E-state index contributed by atoms with van der Waals surface area (Å²) in [6.45, 7) is 1.21. The van der Waals surface area contributed by atoms with Crippen LogP contribution in [0.15, 0.2) is 72.8 Å². The monoisotopic (exact) mass is 353 g/mol. The molecule has 1 aromatic heterocycles. The molecule has 0 saturated heterocycles. The molecule has 0 spiro atoms. The van der Waals surface area contributed by atoms with E-state index in [9.17, 15) is 0 Å². The topological polar surface area (TPSA) is 31.4 Å². The maximum absolute atomic E-state index is 5.77. The highest BCUT2D eigenvalue weighted by molar-refractivity contribution is 6.00. The van der Waals surface area contributed by atoms with Crippen LogP contribution in [-0.2, 0) is 18.0 Å². The van der Waals surface area contributed by atoms with Crippen molar-refractivity contribution >= 4 is 10.8 Å². The molecule has 0 N–H and O–H groups in total. The van der Waals surface area contributed by atoms with Gasteiger partial charge >= 0.3 is 0 Å². The zero-order chi connectivity index (χ0) is 18.2. The van der Waals surface area contributed by atoms with Crippen molar-refractivity contribution in [1.82, 2.24) is 4.98 Å². The molecule has 3 heteroatoms. The molecule has 132 valence electrons.